The average Bonchev–Trinajstić information content (AvgIpc) is 2.33. The molecule has 0 unspecified atom stereocenters. The lowest BCUT2D eigenvalue weighted by molar-refractivity contribution is 0.109. The highest BCUT2D eigenvalue weighted by Crippen LogP contribution is 1.93. The van der Waals surface area contributed by atoms with Crippen molar-refractivity contribution in [2.75, 3.05) is 39.5 Å². The van der Waals surface area contributed by atoms with E-state index in [9.17, 15) is 0 Å². The van der Waals surface area contributed by atoms with Crippen molar-refractivity contribution in [3.8, 4) is 0 Å². The predicted octanol–water partition coefficient (Wildman–Crippen LogP) is 2.00. The van der Waals surface area contributed by atoms with Gasteiger partial charge in [-0.15, -0.1) is 24.0 Å². The molecular weight excluding hydrogens is 357 g/mol. The van der Waals surface area contributed by atoms with Crippen molar-refractivity contribution in [1.29, 1.82) is 0 Å². The monoisotopic (exact) mass is 387 g/mol. The van der Waals surface area contributed by atoms with E-state index >= 15 is 0 Å². The molecule has 0 spiro atoms. The van der Waals surface area contributed by atoms with Gasteiger partial charge in [0.15, 0.2) is 5.96 Å². The molecule has 6 heteroatoms. The molecule has 0 fully saturated rings. The second-order valence-corrected chi connectivity index (χ2v) is 4.57. The molecule has 0 saturated heterocycles. The maximum atomic E-state index is 5.71. The molecule has 0 bridgehead atoms. The maximum absolute atomic E-state index is 5.71. The van der Waals surface area contributed by atoms with E-state index in [4.69, 9.17) is 15.2 Å². The lowest BCUT2D eigenvalue weighted by Gasteiger charge is -2.07. The van der Waals surface area contributed by atoms with Crippen LogP contribution in [0.1, 0.15) is 33.6 Å². The van der Waals surface area contributed by atoms with Crippen LogP contribution in [0.25, 0.3) is 0 Å². The summed E-state index contributed by atoms with van der Waals surface area (Å²) >= 11 is 0. The van der Waals surface area contributed by atoms with E-state index in [1.54, 1.807) is 0 Å². The first-order valence-electron chi connectivity index (χ1n) is 6.86. The highest BCUT2D eigenvalue weighted by Gasteiger charge is 1.94. The normalized spacial score (nSPS) is 11.5. The molecule has 0 heterocycles. The summed E-state index contributed by atoms with van der Waals surface area (Å²) in [7, 11) is 0. The van der Waals surface area contributed by atoms with Gasteiger partial charge in [0.2, 0.25) is 0 Å². The van der Waals surface area contributed by atoms with Crippen LogP contribution in [0.2, 0.25) is 0 Å². The van der Waals surface area contributed by atoms with Gasteiger partial charge < -0.3 is 20.5 Å². The number of nitrogens with zero attached hydrogens (tertiary/aromatic N) is 1. The first-order chi connectivity index (χ1) is 8.66. The van der Waals surface area contributed by atoms with Gasteiger partial charge in [0.25, 0.3) is 0 Å². The molecule has 0 amide bonds. The molecule has 0 aromatic rings. The van der Waals surface area contributed by atoms with Crippen molar-refractivity contribution in [1.82, 2.24) is 5.32 Å². The van der Waals surface area contributed by atoms with Crippen molar-refractivity contribution in [2.24, 2.45) is 16.6 Å². The largest absolute Gasteiger partial charge is 0.382 e. The Balaban J connectivity index is 0. The Morgan fingerprint density at radius 3 is 2.53 bits per heavy atom. The first-order valence-corrected chi connectivity index (χ1v) is 6.86. The third kappa shape index (κ3) is 17.9. The van der Waals surface area contributed by atoms with E-state index in [-0.39, 0.29) is 24.0 Å². The second kappa shape index (κ2) is 16.0. The Bertz CT molecular complexity index is 214. The number of nitrogens with two attached hydrogens (primary N) is 1. The fraction of sp³-hybridized carbons (Fsp3) is 0.923. The minimum absolute atomic E-state index is 0. The molecule has 19 heavy (non-hydrogen) atoms. The quantitative estimate of drug-likeness (QED) is 0.246. The van der Waals surface area contributed by atoms with Gasteiger partial charge in [-0.25, -0.2) is 0 Å². The molecule has 0 aliphatic carbocycles. The molecule has 0 saturated carbocycles. The van der Waals surface area contributed by atoms with Crippen LogP contribution in [0.4, 0.5) is 0 Å². The molecule has 0 aromatic heterocycles. The van der Waals surface area contributed by atoms with E-state index in [1.165, 1.54) is 0 Å². The zero-order chi connectivity index (χ0) is 13.6. The Hall–Kier alpha value is -0.0800. The molecule has 116 valence electrons. The van der Waals surface area contributed by atoms with Crippen LogP contribution in [0.15, 0.2) is 4.99 Å². The lowest BCUT2D eigenvalue weighted by atomic mass is 10.2. The van der Waals surface area contributed by atoms with Crippen molar-refractivity contribution >= 4 is 29.9 Å². The summed E-state index contributed by atoms with van der Waals surface area (Å²) in [5, 5.41) is 3.06. The summed E-state index contributed by atoms with van der Waals surface area (Å²) in [6.07, 6.45) is 1.86. The third-order valence-electron chi connectivity index (χ3n) is 2.16. The number of guanidine groups is 1. The number of ether oxygens (including phenoxy) is 2. The molecule has 0 atom stereocenters. The Morgan fingerprint density at radius 1 is 1.21 bits per heavy atom. The van der Waals surface area contributed by atoms with Crippen LogP contribution in [0, 0.1) is 5.92 Å². The Labute approximate surface area is 134 Å². The number of aliphatic imine (C=N–C) groups is 1. The van der Waals surface area contributed by atoms with Crippen molar-refractivity contribution < 1.29 is 9.47 Å². The van der Waals surface area contributed by atoms with Crippen LogP contribution in [-0.2, 0) is 9.47 Å². The first kappa shape index (κ1) is 21.2. The van der Waals surface area contributed by atoms with Crippen molar-refractivity contribution in [3.05, 3.63) is 0 Å². The average molecular weight is 387 g/mol. The van der Waals surface area contributed by atoms with Crippen molar-refractivity contribution in [3.63, 3.8) is 0 Å². The number of nitrogens with one attached hydrogen (secondary N) is 1. The fourth-order valence-electron chi connectivity index (χ4n) is 1.28. The molecule has 0 rings (SSSR count). The van der Waals surface area contributed by atoms with Crippen LogP contribution in [0.3, 0.4) is 0 Å². The van der Waals surface area contributed by atoms with Crippen LogP contribution in [0.5, 0.6) is 0 Å². The molecule has 3 N–H and O–H groups in total. The smallest absolute Gasteiger partial charge is 0.188 e. The standard InChI is InChI=1S/C13H29N3O2.HI/c1-4-17-9-5-7-15-13(14)16-8-6-10-18-11-12(2)3;/h12H,4-11H2,1-3H3,(H3,14,15,16);1H. The van der Waals surface area contributed by atoms with Crippen LogP contribution in [-0.4, -0.2) is 45.5 Å². The van der Waals surface area contributed by atoms with Gasteiger partial charge in [0, 0.05) is 39.5 Å². The highest BCUT2D eigenvalue weighted by atomic mass is 127. The van der Waals surface area contributed by atoms with Gasteiger partial charge in [-0.2, -0.15) is 0 Å². The predicted molar refractivity (Wildman–Crippen MR) is 91.3 cm³/mol. The van der Waals surface area contributed by atoms with Gasteiger partial charge >= 0.3 is 0 Å². The number of hydrogen-bond acceptors (Lipinski definition) is 3. The number of rotatable bonds is 11. The van der Waals surface area contributed by atoms with Crippen molar-refractivity contribution in [2.45, 2.75) is 33.6 Å². The fourth-order valence-corrected chi connectivity index (χ4v) is 1.28. The molecule has 0 radical (unpaired) electrons. The molecule has 5 nitrogen and oxygen atoms in total. The number of hydrogen-bond donors (Lipinski definition) is 2. The van der Waals surface area contributed by atoms with Gasteiger partial charge in [0.1, 0.15) is 0 Å². The molecule has 0 aliphatic rings. The third-order valence-corrected chi connectivity index (χ3v) is 2.16. The number of halogens is 1. The highest BCUT2D eigenvalue weighted by molar-refractivity contribution is 14.0. The van der Waals surface area contributed by atoms with Crippen LogP contribution < -0.4 is 11.1 Å². The van der Waals surface area contributed by atoms with E-state index in [1.807, 2.05) is 6.92 Å². The summed E-state index contributed by atoms with van der Waals surface area (Å²) in [6, 6.07) is 0. The molecule has 0 aromatic carbocycles. The van der Waals surface area contributed by atoms with Gasteiger partial charge in [-0.1, -0.05) is 13.8 Å². The topological polar surface area (TPSA) is 68.9 Å². The molecule has 0 aliphatic heterocycles. The summed E-state index contributed by atoms with van der Waals surface area (Å²) in [4.78, 5) is 4.22. The van der Waals surface area contributed by atoms with Gasteiger partial charge in [-0.05, 0) is 25.7 Å². The summed E-state index contributed by atoms with van der Waals surface area (Å²) in [6.45, 7) is 10.9. The van der Waals surface area contributed by atoms with Crippen LogP contribution >= 0.6 is 24.0 Å². The summed E-state index contributed by atoms with van der Waals surface area (Å²) in [5.74, 6) is 1.10. The zero-order valence-corrected chi connectivity index (χ0v) is 14.8. The summed E-state index contributed by atoms with van der Waals surface area (Å²) < 4.78 is 10.7. The lowest BCUT2D eigenvalue weighted by Crippen LogP contribution is -2.33. The summed E-state index contributed by atoms with van der Waals surface area (Å²) in [5.41, 5.74) is 5.71. The van der Waals surface area contributed by atoms with E-state index in [0.717, 1.165) is 45.8 Å². The Morgan fingerprint density at radius 2 is 1.89 bits per heavy atom. The molecular formula is C13H30IN3O2. The van der Waals surface area contributed by atoms with Gasteiger partial charge in [-0.3, -0.25) is 4.99 Å². The Kier molecular flexibility index (Phi) is 17.8. The minimum Gasteiger partial charge on any atom is -0.382 e. The zero-order valence-electron chi connectivity index (χ0n) is 12.5. The van der Waals surface area contributed by atoms with E-state index in [2.05, 4.69) is 24.2 Å². The minimum atomic E-state index is 0. The second-order valence-electron chi connectivity index (χ2n) is 4.57. The van der Waals surface area contributed by atoms with E-state index < -0.39 is 0 Å². The van der Waals surface area contributed by atoms with Gasteiger partial charge in [0.05, 0.1) is 0 Å². The maximum Gasteiger partial charge on any atom is 0.188 e. The SMILES string of the molecule is CCOCCCNC(N)=NCCCOCC(C)C.I. The van der Waals surface area contributed by atoms with E-state index in [0.29, 0.717) is 18.4 Å².